The predicted octanol–water partition coefficient (Wildman–Crippen LogP) is 1.20. The zero-order valence-corrected chi connectivity index (χ0v) is 8.46. The Morgan fingerprint density at radius 1 is 1.17 bits per heavy atom. The van der Waals surface area contributed by atoms with Gasteiger partial charge in [0.1, 0.15) is 0 Å². The van der Waals surface area contributed by atoms with Crippen molar-refractivity contribution in [2.45, 2.75) is 33.2 Å². The van der Waals surface area contributed by atoms with Gasteiger partial charge < -0.3 is 11.5 Å². The molecule has 2 heteroatoms. The fourth-order valence-corrected chi connectivity index (χ4v) is 2.40. The quantitative estimate of drug-likeness (QED) is 0.621. The van der Waals surface area contributed by atoms with Gasteiger partial charge in [-0.2, -0.15) is 0 Å². The van der Waals surface area contributed by atoms with Crippen molar-refractivity contribution in [2.24, 2.45) is 35.1 Å². The van der Waals surface area contributed by atoms with E-state index in [1.54, 1.807) is 0 Å². The van der Waals surface area contributed by atoms with Crippen LogP contribution in [-0.2, 0) is 0 Å². The average molecular weight is 170 g/mol. The third-order valence-electron chi connectivity index (χ3n) is 3.86. The number of nitrogens with two attached hydrogens (primary N) is 2. The Morgan fingerprint density at radius 2 is 1.75 bits per heavy atom. The molecular weight excluding hydrogens is 148 g/mol. The molecule has 0 aromatic heterocycles. The average Bonchev–Trinajstić information content (AvgIpc) is 2.08. The molecule has 0 saturated heterocycles. The Kier molecular flexibility index (Phi) is 3.13. The van der Waals surface area contributed by atoms with Crippen LogP contribution in [0.3, 0.4) is 0 Å². The first kappa shape index (κ1) is 10.0. The lowest BCUT2D eigenvalue weighted by Gasteiger charge is -2.41. The Morgan fingerprint density at radius 3 is 2.25 bits per heavy atom. The van der Waals surface area contributed by atoms with E-state index in [1.165, 1.54) is 6.42 Å². The van der Waals surface area contributed by atoms with E-state index in [9.17, 15) is 0 Å². The second-order valence-corrected chi connectivity index (χ2v) is 4.50. The molecule has 12 heavy (non-hydrogen) atoms. The largest absolute Gasteiger partial charge is 0.330 e. The minimum absolute atomic E-state index is 0.321. The highest BCUT2D eigenvalue weighted by Crippen LogP contribution is 2.36. The van der Waals surface area contributed by atoms with E-state index >= 15 is 0 Å². The lowest BCUT2D eigenvalue weighted by Crippen LogP contribution is -2.48. The van der Waals surface area contributed by atoms with Crippen molar-refractivity contribution in [3.05, 3.63) is 0 Å². The van der Waals surface area contributed by atoms with Gasteiger partial charge in [0.25, 0.3) is 0 Å². The molecule has 0 amide bonds. The molecular formula is C10H22N2. The van der Waals surface area contributed by atoms with Crippen LogP contribution in [0, 0.1) is 23.7 Å². The molecule has 5 atom stereocenters. The minimum atomic E-state index is 0.321. The van der Waals surface area contributed by atoms with E-state index < -0.39 is 0 Å². The van der Waals surface area contributed by atoms with Gasteiger partial charge in [-0.05, 0) is 36.6 Å². The topological polar surface area (TPSA) is 52.0 Å². The smallest absolute Gasteiger partial charge is 0.0108 e. The summed E-state index contributed by atoms with van der Waals surface area (Å²) in [6, 6.07) is 0.321. The standard InChI is InChI=1S/C10H22N2/c1-6-4-9(5-11)10(12)8(3)7(6)2/h6-10H,4-5,11-12H2,1-3H3. The van der Waals surface area contributed by atoms with Crippen LogP contribution in [0.4, 0.5) is 0 Å². The van der Waals surface area contributed by atoms with Crippen LogP contribution in [-0.4, -0.2) is 12.6 Å². The molecule has 0 heterocycles. The van der Waals surface area contributed by atoms with Gasteiger partial charge in [0, 0.05) is 6.04 Å². The van der Waals surface area contributed by atoms with Gasteiger partial charge >= 0.3 is 0 Å². The molecule has 1 rings (SSSR count). The van der Waals surface area contributed by atoms with Crippen molar-refractivity contribution < 1.29 is 0 Å². The van der Waals surface area contributed by atoms with Gasteiger partial charge in [-0.25, -0.2) is 0 Å². The summed E-state index contributed by atoms with van der Waals surface area (Å²) in [5.41, 5.74) is 11.8. The van der Waals surface area contributed by atoms with Crippen molar-refractivity contribution >= 4 is 0 Å². The minimum Gasteiger partial charge on any atom is -0.330 e. The molecule has 5 unspecified atom stereocenters. The summed E-state index contributed by atoms with van der Waals surface area (Å²) in [5, 5.41) is 0. The summed E-state index contributed by atoms with van der Waals surface area (Å²) in [6.07, 6.45) is 1.21. The summed E-state index contributed by atoms with van der Waals surface area (Å²) < 4.78 is 0. The summed E-state index contributed by atoms with van der Waals surface area (Å²) >= 11 is 0. The van der Waals surface area contributed by atoms with Crippen molar-refractivity contribution in [1.82, 2.24) is 0 Å². The highest BCUT2D eigenvalue weighted by atomic mass is 14.7. The molecule has 0 aromatic carbocycles. The first-order valence-corrected chi connectivity index (χ1v) is 5.03. The zero-order chi connectivity index (χ0) is 9.30. The van der Waals surface area contributed by atoms with Gasteiger partial charge in [0.05, 0.1) is 0 Å². The molecule has 0 aromatic rings. The number of rotatable bonds is 1. The fourth-order valence-electron chi connectivity index (χ4n) is 2.40. The van der Waals surface area contributed by atoms with Crippen molar-refractivity contribution in [2.75, 3.05) is 6.54 Å². The molecule has 1 fully saturated rings. The van der Waals surface area contributed by atoms with Crippen LogP contribution in [0.5, 0.6) is 0 Å². The second kappa shape index (κ2) is 3.75. The lowest BCUT2D eigenvalue weighted by molar-refractivity contribution is 0.117. The third-order valence-corrected chi connectivity index (χ3v) is 3.86. The van der Waals surface area contributed by atoms with Gasteiger partial charge in [-0.1, -0.05) is 20.8 Å². The van der Waals surface area contributed by atoms with Gasteiger partial charge in [-0.3, -0.25) is 0 Å². The molecule has 0 bridgehead atoms. The number of hydrogen-bond donors (Lipinski definition) is 2. The maximum Gasteiger partial charge on any atom is 0.0108 e. The SMILES string of the molecule is CC1CC(CN)C(N)C(C)C1C. The molecule has 72 valence electrons. The highest BCUT2D eigenvalue weighted by molar-refractivity contribution is 4.89. The Balaban J connectivity index is 2.63. The van der Waals surface area contributed by atoms with Crippen LogP contribution in [0.1, 0.15) is 27.2 Å². The lowest BCUT2D eigenvalue weighted by atomic mass is 9.67. The predicted molar refractivity (Wildman–Crippen MR) is 52.6 cm³/mol. The molecule has 0 aliphatic heterocycles. The van der Waals surface area contributed by atoms with E-state index in [0.29, 0.717) is 17.9 Å². The maximum atomic E-state index is 6.11. The van der Waals surface area contributed by atoms with Crippen molar-refractivity contribution in [3.63, 3.8) is 0 Å². The molecule has 0 radical (unpaired) electrons. The van der Waals surface area contributed by atoms with Crippen LogP contribution in [0.2, 0.25) is 0 Å². The van der Waals surface area contributed by atoms with Crippen LogP contribution in [0.15, 0.2) is 0 Å². The van der Waals surface area contributed by atoms with Gasteiger partial charge in [0.2, 0.25) is 0 Å². The van der Waals surface area contributed by atoms with E-state index in [0.717, 1.165) is 18.4 Å². The van der Waals surface area contributed by atoms with Gasteiger partial charge in [0.15, 0.2) is 0 Å². The van der Waals surface area contributed by atoms with Crippen LogP contribution in [0.25, 0.3) is 0 Å². The fraction of sp³-hybridized carbons (Fsp3) is 1.00. The number of hydrogen-bond acceptors (Lipinski definition) is 2. The van der Waals surface area contributed by atoms with E-state index in [4.69, 9.17) is 11.5 Å². The van der Waals surface area contributed by atoms with Crippen LogP contribution >= 0.6 is 0 Å². The first-order valence-electron chi connectivity index (χ1n) is 5.03. The van der Waals surface area contributed by atoms with Gasteiger partial charge in [-0.15, -0.1) is 0 Å². The van der Waals surface area contributed by atoms with Crippen LogP contribution < -0.4 is 11.5 Å². The van der Waals surface area contributed by atoms with E-state index in [-0.39, 0.29) is 0 Å². The monoisotopic (exact) mass is 170 g/mol. The maximum absolute atomic E-state index is 6.11. The molecule has 4 N–H and O–H groups in total. The summed E-state index contributed by atoms with van der Waals surface area (Å²) in [4.78, 5) is 0. The molecule has 1 aliphatic rings. The van der Waals surface area contributed by atoms with E-state index in [2.05, 4.69) is 20.8 Å². The molecule has 1 aliphatic carbocycles. The highest BCUT2D eigenvalue weighted by Gasteiger charge is 2.35. The third kappa shape index (κ3) is 1.64. The van der Waals surface area contributed by atoms with Crippen molar-refractivity contribution in [1.29, 1.82) is 0 Å². The summed E-state index contributed by atoms with van der Waals surface area (Å²) in [6.45, 7) is 7.63. The first-order chi connectivity index (χ1) is 5.57. The van der Waals surface area contributed by atoms with Crippen molar-refractivity contribution in [3.8, 4) is 0 Å². The Bertz CT molecular complexity index is 142. The van der Waals surface area contributed by atoms with E-state index in [1.807, 2.05) is 0 Å². The summed E-state index contributed by atoms with van der Waals surface area (Å²) in [7, 11) is 0. The second-order valence-electron chi connectivity index (χ2n) is 4.50. The molecule has 2 nitrogen and oxygen atoms in total. The Labute approximate surface area is 75.7 Å². The molecule has 1 saturated carbocycles. The normalized spacial score (nSPS) is 49.2. The molecule has 0 spiro atoms. The summed E-state index contributed by atoms with van der Waals surface area (Å²) in [5.74, 6) is 2.71. The zero-order valence-electron chi connectivity index (χ0n) is 8.46. The Hall–Kier alpha value is -0.0800.